The van der Waals surface area contributed by atoms with Gasteiger partial charge in [0.1, 0.15) is 11.6 Å². The second kappa shape index (κ2) is 5.44. The smallest absolute Gasteiger partial charge is 0.267 e. The van der Waals surface area contributed by atoms with Crippen LogP contribution in [0.2, 0.25) is 0 Å². The lowest BCUT2D eigenvalue weighted by atomic mass is 10.3. The van der Waals surface area contributed by atoms with Crippen LogP contribution in [0, 0.1) is 18.3 Å². The Labute approximate surface area is 82.8 Å². The summed E-state index contributed by atoms with van der Waals surface area (Å²) in [5, 5.41) is 8.47. The third-order valence-corrected chi connectivity index (χ3v) is 1.61. The molecule has 0 radical (unpaired) electrons. The normalized spacial score (nSPS) is 8.23. The van der Waals surface area contributed by atoms with Crippen LogP contribution in [0.4, 0.5) is 0 Å². The first-order chi connectivity index (χ1) is 6.15. The second-order valence-electron chi connectivity index (χ2n) is 2.15. The minimum Gasteiger partial charge on any atom is -0.325 e. The summed E-state index contributed by atoms with van der Waals surface area (Å²) in [5.74, 6) is 0. The van der Waals surface area contributed by atoms with Crippen molar-refractivity contribution >= 4 is 12.6 Å². The molecule has 3 nitrogen and oxygen atoms in total. The van der Waals surface area contributed by atoms with Crippen molar-refractivity contribution in [1.82, 2.24) is 4.98 Å². The molecule has 0 bridgehead atoms. The number of aromatic amines is 1. The Morgan fingerprint density at radius 3 is 2.46 bits per heavy atom. The van der Waals surface area contributed by atoms with Gasteiger partial charge in [0.2, 0.25) is 0 Å². The first-order valence-corrected chi connectivity index (χ1v) is 4.43. The summed E-state index contributed by atoms with van der Waals surface area (Å²) >= 11 is 3.97. The molecule has 0 aliphatic heterocycles. The van der Waals surface area contributed by atoms with Crippen LogP contribution in [0.1, 0.15) is 25.1 Å². The van der Waals surface area contributed by atoms with E-state index >= 15 is 0 Å². The van der Waals surface area contributed by atoms with Crippen LogP contribution >= 0.6 is 12.6 Å². The summed E-state index contributed by atoms with van der Waals surface area (Å²) in [6.07, 6.45) is 0. The summed E-state index contributed by atoms with van der Waals surface area (Å²) in [6.45, 7) is 5.74. The molecule has 0 aliphatic carbocycles. The van der Waals surface area contributed by atoms with E-state index in [4.69, 9.17) is 5.26 Å². The van der Waals surface area contributed by atoms with Crippen LogP contribution in [0.25, 0.3) is 0 Å². The van der Waals surface area contributed by atoms with Crippen molar-refractivity contribution in [2.45, 2.75) is 25.7 Å². The van der Waals surface area contributed by atoms with E-state index in [1.54, 1.807) is 19.1 Å². The number of hydrogen-bond acceptors (Lipinski definition) is 3. The number of pyridine rings is 1. The number of rotatable bonds is 0. The molecule has 0 atom stereocenters. The summed E-state index contributed by atoms with van der Waals surface area (Å²) in [4.78, 5) is 13.9. The van der Waals surface area contributed by atoms with Gasteiger partial charge in [0.15, 0.2) is 0 Å². The van der Waals surface area contributed by atoms with Crippen molar-refractivity contribution in [2.24, 2.45) is 0 Å². The first-order valence-electron chi connectivity index (χ1n) is 3.98. The van der Waals surface area contributed by atoms with Crippen LogP contribution in [-0.2, 0) is 0 Å². The number of hydrogen-bond donors (Lipinski definition) is 2. The number of aromatic nitrogens is 1. The fourth-order valence-electron chi connectivity index (χ4n) is 0.779. The van der Waals surface area contributed by atoms with Gasteiger partial charge in [-0.3, -0.25) is 4.79 Å². The van der Waals surface area contributed by atoms with E-state index in [1.165, 1.54) is 0 Å². The van der Waals surface area contributed by atoms with Gasteiger partial charge >= 0.3 is 0 Å². The predicted octanol–water partition coefficient (Wildman–Crippen LogP) is 1.87. The minimum atomic E-state index is -0.377. The van der Waals surface area contributed by atoms with Gasteiger partial charge in [-0.25, -0.2) is 0 Å². The molecule has 1 rings (SSSR count). The van der Waals surface area contributed by atoms with Crippen molar-refractivity contribution < 1.29 is 0 Å². The molecule has 4 heteroatoms. The van der Waals surface area contributed by atoms with Crippen molar-refractivity contribution in [3.05, 3.63) is 27.7 Å². The van der Waals surface area contributed by atoms with Crippen molar-refractivity contribution in [2.75, 3.05) is 0 Å². The third-order valence-electron chi connectivity index (χ3n) is 1.26. The second-order valence-corrected chi connectivity index (χ2v) is 2.64. The Morgan fingerprint density at radius 2 is 2.08 bits per heavy atom. The average Bonchev–Trinajstić information content (AvgIpc) is 2.07. The quantitative estimate of drug-likeness (QED) is 0.622. The molecule has 0 saturated carbocycles. The zero-order valence-electron chi connectivity index (χ0n) is 7.88. The molecule has 70 valence electrons. The highest BCUT2D eigenvalue weighted by Crippen LogP contribution is 2.07. The molecule has 0 saturated heterocycles. The van der Waals surface area contributed by atoms with Gasteiger partial charge in [-0.1, -0.05) is 13.8 Å². The number of nitrogens with one attached hydrogen (secondary N) is 1. The maximum Gasteiger partial charge on any atom is 0.267 e. The van der Waals surface area contributed by atoms with E-state index in [0.29, 0.717) is 10.6 Å². The maximum absolute atomic E-state index is 11.0. The standard InChI is InChI=1S/C7H6N2OS.C2H6/c1-4-2-6(11)5(3-8)7(10)9-4;1-2/h2H,1H3,(H2,9,10,11);1-2H3. The van der Waals surface area contributed by atoms with E-state index in [2.05, 4.69) is 17.6 Å². The zero-order valence-corrected chi connectivity index (χ0v) is 8.77. The molecular formula is C9H12N2OS. The van der Waals surface area contributed by atoms with Gasteiger partial charge < -0.3 is 4.98 Å². The van der Waals surface area contributed by atoms with Gasteiger partial charge in [-0.2, -0.15) is 5.26 Å². The predicted molar refractivity (Wildman–Crippen MR) is 55.1 cm³/mol. The number of H-pyrrole nitrogens is 1. The van der Waals surface area contributed by atoms with Crippen molar-refractivity contribution in [1.29, 1.82) is 5.26 Å². The fraction of sp³-hybridized carbons (Fsp3) is 0.333. The number of nitrogens with zero attached hydrogens (tertiary/aromatic N) is 1. The van der Waals surface area contributed by atoms with Gasteiger partial charge in [0, 0.05) is 10.6 Å². The third kappa shape index (κ3) is 2.96. The first kappa shape index (κ1) is 11.8. The van der Waals surface area contributed by atoms with Gasteiger partial charge in [-0.15, -0.1) is 12.6 Å². The number of thiol groups is 1. The summed E-state index contributed by atoms with van der Waals surface area (Å²) in [7, 11) is 0. The fourth-order valence-corrected chi connectivity index (χ4v) is 1.12. The van der Waals surface area contributed by atoms with E-state index in [9.17, 15) is 4.79 Å². The molecule has 0 fully saturated rings. The highest BCUT2D eigenvalue weighted by Gasteiger charge is 2.02. The Bertz CT molecular complexity index is 376. The maximum atomic E-state index is 11.0. The van der Waals surface area contributed by atoms with Crippen LogP contribution in [0.15, 0.2) is 15.8 Å². The summed E-state index contributed by atoms with van der Waals surface area (Å²) < 4.78 is 0. The minimum absolute atomic E-state index is 0.0685. The van der Waals surface area contributed by atoms with E-state index < -0.39 is 0 Å². The number of nitriles is 1. The van der Waals surface area contributed by atoms with Crippen LogP contribution in [0.3, 0.4) is 0 Å². The molecule has 0 spiro atoms. The molecular weight excluding hydrogens is 184 g/mol. The lowest BCUT2D eigenvalue weighted by Gasteiger charge is -1.95. The molecule has 1 N–H and O–H groups in total. The van der Waals surface area contributed by atoms with Crippen molar-refractivity contribution in [3.63, 3.8) is 0 Å². The summed E-state index contributed by atoms with van der Waals surface area (Å²) in [6, 6.07) is 3.41. The van der Waals surface area contributed by atoms with E-state index in [1.807, 2.05) is 13.8 Å². The Morgan fingerprint density at radius 1 is 1.54 bits per heavy atom. The van der Waals surface area contributed by atoms with Crippen LogP contribution in [-0.4, -0.2) is 4.98 Å². The molecule has 0 amide bonds. The van der Waals surface area contributed by atoms with E-state index in [-0.39, 0.29) is 11.1 Å². The molecule has 0 aliphatic rings. The highest BCUT2D eigenvalue weighted by molar-refractivity contribution is 7.80. The van der Waals surface area contributed by atoms with Crippen LogP contribution in [0.5, 0.6) is 0 Å². The zero-order chi connectivity index (χ0) is 10.4. The molecule has 1 aromatic heterocycles. The lowest BCUT2D eigenvalue weighted by Crippen LogP contribution is -2.11. The summed E-state index contributed by atoms with van der Waals surface area (Å²) in [5.41, 5.74) is 0.399. The van der Waals surface area contributed by atoms with Gasteiger partial charge in [0.05, 0.1) is 0 Å². The molecule has 0 unspecified atom stereocenters. The average molecular weight is 196 g/mol. The molecule has 1 aromatic rings. The Kier molecular flexibility index (Phi) is 4.93. The monoisotopic (exact) mass is 196 g/mol. The van der Waals surface area contributed by atoms with Gasteiger partial charge in [0.25, 0.3) is 5.56 Å². The number of aryl methyl sites for hydroxylation is 1. The largest absolute Gasteiger partial charge is 0.325 e. The van der Waals surface area contributed by atoms with Gasteiger partial charge in [-0.05, 0) is 13.0 Å². The molecule has 1 heterocycles. The van der Waals surface area contributed by atoms with Crippen molar-refractivity contribution in [3.8, 4) is 6.07 Å². The van der Waals surface area contributed by atoms with Crippen LogP contribution < -0.4 is 5.56 Å². The SMILES string of the molecule is CC.Cc1cc(S)c(C#N)c(=O)[nH]1. The topological polar surface area (TPSA) is 56.6 Å². The molecule has 13 heavy (non-hydrogen) atoms. The Hall–Kier alpha value is -1.21. The Balaban J connectivity index is 0.000000671. The highest BCUT2D eigenvalue weighted by atomic mass is 32.1. The lowest BCUT2D eigenvalue weighted by molar-refractivity contribution is 1.09. The molecule has 0 aromatic carbocycles. The van der Waals surface area contributed by atoms with E-state index in [0.717, 1.165) is 0 Å².